The van der Waals surface area contributed by atoms with Crippen LogP contribution in [0.3, 0.4) is 0 Å². The van der Waals surface area contributed by atoms with Gasteiger partial charge >= 0.3 is 6.18 Å². The van der Waals surface area contributed by atoms with Gasteiger partial charge in [0, 0.05) is 5.39 Å². The molecule has 0 fully saturated rings. The monoisotopic (exact) mass is 257 g/mol. The van der Waals surface area contributed by atoms with Crippen molar-refractivity contribution in [2.75, 3.05) is 0 Å². The molecule has 0 aliphatic rings. The molecular weight excluding hydrogens is 247 g/mol. The van der Waals surface area contributed by atoms with Crippen LogP contribution in [0.25, 0.3) is 10.9 Å². The molecule has 2 aromatic rings. The number of rotatable bonds is 1. The molecule has 6 heteroatoms. The van der Waals surface area contributed by atoms with Gasteiger partial charge in [0.2, 0.25) is 0 Å². The molecule has 0 radical (unpaired) electrons. The number of halogens is 3. The van der Waals surface area contributed by atoms with Crippen molar-refractivity contribution in [3.05, 3.63) is 39.7 Å². The number of nitrogens with one attached hydrogen (secondary N) is 1. The summed E-state index contributed by atoms with van der Waals surface area (Å²) in [5, 5.41) is 10.0. The number of aromatic amines is 1. The zero-order valence-electron chi connectivity index (χ0n) is 9.43. The van der Waals surface area contributed by atoms with E-state index in [4.69, 9.17) is 0 Å². The number of pyridine rings is 1. The average Bonchev–Trinajstić information content (AvgIpc) is 2.27. The Morgan fingerprint density at radius 1 is 1.33 bits per heavy atom. The summed E-state index contributed by atoms with van der Waals surface area (Å²) in [6.07, 6.45) is -4.18. The van der Waals surface area contributed by atoms with Crippen molar-refractivity contribution in [1.82, 2.24) is 4.98 Å². The molecule has 18 heavy (non-hydrogen) atoms. The first kappa shape index (κ1) is 12.5. The average molecular weight is 257 g/mol. The molecule has 0 unspecified atom stereocenters. The standard InChI is InChI=1S/C12H10F3NO2/c1-2-7-10(17)8-4-3-6(12(13,14)15)5-9(8)16-11(7)18/h3-5H,2H2,1H3,(H2,16,17,18). The lowest BCUT2D eigenvalue weighted by Crippen LogP contribution is -2.13. The van der Waals surface area contributed by atoms with Crippen molar-refractivity contribution in [3.8, 4) is 5.75 Å². The zero-order valence-corrected chi connectivity index (χ0v) is 9.43. The summed E-state index contributed by atoms with van der Waals surface area (Å²) in [4.78, 5) is 13.9. The van der Waals surface area contributed by atoms with Crippen LogP contribution in [0.15, 0.2) is 23.0 Å². The molecule has 2 N–H and O–H groups in total. The van der Waals surface area contributed by atoms with Gasteiger partial charge in [-0.25, -0.2) is 0 Å². The molecule has 0 spiro atoms. The normalized spacial score (nSPS) is 12.0. The van der Waals surface area contributed by atoms with Crippen LogP contribution in [0.5, 0.6) is 5.75 Å². The van der Waals surface area contributed by atoms with Crippen molar-refractivity contribution >= 4 is 10.9 Å². The van der Waals surface area contributed by atoms with Crippen LogP contribution in [-0.2, 0) is 12.6 Å². The minimum Gasteiger partial charge on any atom is -0.507 e. The minimum absolute atomic E-state index is 0.0236. The van der Waals surface area contributed by atoms with E-state index in [-0.39, 0.29) is 22.2 Å². The van der Waals surface area contributed by atoms with Gasteiger partial charge in [0.15, 0.2) is 0 Å². The predicted molar refractivity (Wildman–Crippen MR) is 60.6 cm³/mol. The maximum absolute atomic E-state index is 12.5. The Kier molecular flexibility index (Phi) is 2.80. The first-order valence-electron chi connectivity index (χ1n) is 5.29. The smallest absolute Gasteiger partial charge is 0.416 e. The highest BCUT2D eigenvalue weighted by atomic mass is 19.4. The Morgan fingerprint density at radius 3 is 2.56 bits per heavy atom. The van der Waals surface area contributed by atoms with E-state index in [1.807, 2.05) is 0 Å². The fourth-order valence-corrected chi connectivity index (χ4v) is 1.83. The lowest BCUT2D eigenvalue weighted by atomic mass is 10.1. The first-order chi connectivity index (χ1) is 8.34. The SMILES string of the molecule is CCc1c(O)c2ccc(C(F)(F)F)cc2[nH]c1=O. The second-order valence-corrected chi connectivity index (χ2v) is 3.89. The summed E-state index contributed by atoms with van der Waals surface area (Å²) in [6, 6.07) is 2.85. The van der Waals surface area contributed by atoms with Gasteiger partial charge in [-0.1, -0.05) is 6.92 Å². The zero-order chi connectivity index (χ0) is 13.5. The summed E-state index contributed by atoms with van der Waals surface area (Å²) in [7, 11) is 0. The maximum atomic E-state index is 12.5. The largest absolute Gasteiger partial charge is 0.507 e. The second kappa shape index (κ2) is 4.04. The highest BCUT2D eigenvalue weighted by molar-refractivity contribution is 5.86. The number of alkyl halides is 3. The third-order valence-corrected chi connectivity index (χ3v) is 2.76. The van der Waals surface area contributed by atoms with Crippen LogP contribution in [0.1, 0.15) is 18.1 Å². The molecule has 0 atom stereocenters. The van der Waals surface area contributed by atoms with Gasteiger partial charge < -0.3 is 10.1 Å². The van der Waals surface area contributed by atoms with Gasteiger partial charge in [0.05, 0.1) is 16.6 Å². The lowest BCUT2D eigenvalue weighted by molar-refractivity contribution is -0.137. The number of benzene rings is 1. The fraction of sp³-hybridized carbons (Fsp3) is 0.250. The molecule has 0 aliphatic heterocycles. The Labute approximate surface area is 99.9 Å². The van der Waals surface area contributed by atoms with Gasteiger partial charge in [0.1, 0.15) is 5.75 Å². The highest BCUT2D eigenvalue weighted by Gasteiger charge is 2.30. The number of H-pyrrole nitrogens is 1. The van der Waals surface area contributed by atoms with Gasteiger partial charge in [0.25, 0.3) is 5.56 Å². The quantitative estimate of drug-likeness (QED) is 0.825. The van der Waals surface area contributed by atoms with E-state index >= 15 is 0 Å². The van der Waals surface area contributed by atoms with Crippen molar-refractivity contribution in [2.24, 2.45) is 0 Å². The molecular formula is C12H10F3NO2. The number of fused-ring (bicyclic) bond motifs is 1. The summed E-state index contributed by atoms with van der Waals surface area (Å²) >= 11 is 0. The predicted octanol–water partition coefficient (Wildman–Crippen LogP) is 2.81. The topological polar surface area (TPSA) is 53.1 Å². The fourth-order valence-electron chi connectivity index (χ4n) is 1.83. The number of aromatic hydroxyl groups is 1. The Bertz CT molecular complexity index is 659. The van der Waals surface area contributed by atoms with Crippen molar-refractivity contribution in [3.63, 3.8) is 0 Å². The van der Waals surface area contributed by atoms with Crippen LogP contribution >= 0.6 is 0 Å². The number of hydrogen-bond donors (Lipinski definition) is 2. The summed E-state index contributed by atoms with van der Waals surface area (Å²) in [5.74, 6) is -0.259. The Hall–Kier alpha value is -1.98. The van der Waals surface area contributed by atoms with Crippen molar-refractivity contribution in [2.45, 2.75) is 19.5 Å². The molecule has 0 aliphatic carbocycles. The van der Waals surface area contributed by atoms with Crippen molar-refractivity contribution < 1.29 is 18.3 Å². The second-order valence-electron chi connectivity index (χ2n) is 3.89. The molecule has 1 aromatic carbocycles. The van der Waals surface area contributed by atoms with Crippen LogP contribution < -0.4 is 5.56 Å². The molecule has 3 nitrogen and oxygen atoms in total. The van der Waals surface area contributed by atoms with E-state index in [2.05, 4.69) is 4.98 Å². The molecule has 0 amide bonds. The van der Waals surface area contributed by atoms with E-state index < -0.39 is 17.3 Å². The van der Waals surface area contributed by atoms with Gasteiger partial charge in [-0.2, -0.15) is 13.2 Å². The minimum atomic E-state index is -4.48. The van der Waals surface area contributed by atoms with Crippen LogP contribution in [0.2, 0.25) is 0 Å². The molecule has 1 aromatic heterocycles. The molecule has 0 saturated carbocycles. The van der Waals surface area contributed by atoms with E-state index in [1.165, 1.54) is 0 Å². The first-order valence-corrected chi connectivity index (χ1v) is 5.29. The van der Waals surface area contributed by atoms with Gasteiger partial charge in [-0.05, 0) is 24.6 Å². The lowest BCUT2D eigenvalue weighted by Gasteiger charge is -2.09. The molecule has 1 heterocycles. The number of aromatic nitrogens is 1. The van der Waals surface area contributed by atoms with Crippen molar-refractivity contribution in [1.29, 1.82) is 0 Å². The Balaban J connectivity index is 2.78. The van der Waals surface area contributed by atoms with E-state index in [0.29, 0.717) is 6.42 Å². The summed E-state index contributed by atoms with van der Waals surface area (Å²) in [6.45, 7) is 1.68. The van der Waals surface area contributed by atoms with E-state index in [1.54, 1.807) is 6.92 Å². The van der Waals surface area contributed by atoms with Crippen LogP contribution in [0, 0.1) is 0 Å². The third-order valence-electron chi connectivity index (χ3n) is 2.76. The van der Waals surface area contributed by atoms with E-state index in [9.17, 15) is 23.1 Å². The molecule has 96 valence electrons. The number of hydrogen-bond acceptors (Lipinski definition) is 2. The van der Waals surface area contributed by atoms with E-state index in [0.717, 1.165) is 18.2 Å². The molecule has 0 saturated heterocycles. The van der Waals surface area contributed by atoms with Crippen LogP contribution in [-0.4, -0.2) is 10.1 Å². The van der Waals surface area contributed by atoms with Gasteiger partial charge in [-0.3, -0.25) is 4.79 Å². The van der Waals surface area contributed by atoms with Crippen LogP contribution in [0.4, 0.5) is 13.2 Å². The summed E-state index contributed by atoms with van der Waals surface area (Å²) < 4.78 is 37.5. The van der Waals surface area contributed by atoms with Gasteiger partial charge in [-0.15, -0.1) is 0 Å². The molecule has 2 rings (SSSR count). The third kappa shape index (κ3) is 1.94. The summed E-state index contributed by atoms with van der Waals surface area (Å²) in [5.41, 5.74) is -1.29. The maximum Gasteiger partial charge on any atom is 0.416 e. The molecule has 0 bridgehead atoms. The Morgan fingerprint density at radius 2 is 2.00 bits per heavy atom. The highest BCUT2D eigenvalue weighted by Crippen LogP contribution is 2.33.